The van der Waals surface area contributed by atoms with Crippen molar-refractivity contribution in [3.05, 3.63) is 54.0 Å². The number of hydrogen-bond acceptors (Lipinski definition) is 2. The van der Waals surface area contributed by atoms with E-state index in [4.69, 9.17) is 5.26 Å². The SMILES string of the molecule is N#CCc1ccc(-c2ccccc2)nc1F. The third-order valence-electron chi connectivity index (χ3n) is 2.27. The van der Waals surface area contributed by atoms with E-state index in [-0.39, 0.29) is 6.42 Å². The Labute approximate surface area is 93.0 Å². The van der Waals surface area contributed by atoms with Crippen LogP contribution in [-0.4, -0.2) is 4.98 Å². The molecule has 0 aliphatic rings. The number of benzene rings is 1. The van der Waals surface area contributed by atoms with Crippen LogP contribution < -0.4 is 0 Å². The van der Waals surface area contributed by atoms with Gasteiger partial charge in [-0.2, -0.15) is 9.65 Å². The molecule has 1 heterocycles. The van der Waals surface area contributed by atoms with E-state index < -0.39 is 5.95 Å². The first-order valence-electron chi connectivity index (χ1n) is 4.89. The molecule has 0 amide bonds. The topological polar surface area (TPSA) is 36.7 Å². The molecule has 16 heavy (non-hydrogen) atoms. The summed E-state index contributed by atoms with van der Waals surface area (Å²) in [4.78, 5) is 3.84. The van der Waals surface area contributed by atoms with Gasteiger partial charge < -0.3 is 0 Å². The normalized spacial score (nSPS) is 9.75. The molecule has 1 aromatic carbocycles. The number of halogens is 1. The molecule has 0 atom stereocenters. The summed E-state index contributed by atoms with van der Waals surface area (Å²) in [7, 11) is 0. The number of nitriles is 1. The van der Waals surface area contributed by atoms with E-state index in [9.17, 15) is 4.39 Å². The van der Waals surface area contributed by atoms with E-state index in [1.807, 2.05) is 36.4 Å². The summed E-state index contributed by atoms with van der Waals surface area (Å²) in [5, 5.41) is 8.49. The van der Waals surface area contributed by atoms with Gasteiger partial charge >= 0.3 is 0 Å². The van der Waals surface area contributed by atoms with Crippen molar-refractivity contribution in [2.75, 3.05) is 0 Å². The summed E-state index contributed by atoms with van der Waals surface area (Å²) in [6.45, 7) is 0. The smallest absolute Gasteiger partial charge is 0.217 e. The maximum Gasteiger partial charge on any atom is 0.217 e. The highest BCUT2D eigenvalue weighted by Gasteiger charge is 2.05. The first-order chi connectivity index (χ1) is 7.81. The van der Waals surface area contributed by atoms with Crippen LogP contribution in [0.1, 0.15) is 5.56 Å². The lowest BCUT2D eigenvalue weighted by Gasteiger charge is -2.02. The third-order valence-corrected chi connectivity index (χ3v) is 2.27. The first kappa shape index (κ1) is 10.3. The number of nitrogens with zero attached hydrogens (tertiary/aromatic N) is 2. The number of aromatic nitrogens is 1. The van der Waals surface area contributed by atoms with Gasteiger partial charge in [-0.15, -0.1) is 0 Å². The summed E-state index contributed by atoms with van der Waals surface area (Å²) in [6, 6.07) is 14.6. The fraction of sp³-hybridized carbons (Fsp3) is 0.0769. The summed E-state index contributed by atoms with van der Waals surface area (Å²) in [5.41, 5.74) is 1.78. The molecule has 2 nitrogen and oxygen atoms in total. The summed E-state index contributed by atoms with van der Waals surface area (Å²) in [5.74, 6) is -0.567. The van der Waals surface area contributed by atoms with Crippen LogP contribution in [0.2, 0.25) is 0 Å². The molecule has 0 saturated heterocycles. The van der Waals surface area contributed by atoms with Crippen LogP contribution in [0.5, 0.6) is 0 Å². The van der Waals surface area contributed by atoms with Gasteiger partial charge in [0, 0.05) is 11.1 Å². The number of rotatable bonds is 2. The van der Waals surface area contributed by atoms with Gasteiger partial charge in [-0.05, 0) is 6.07 Å². The van der Waals surface area contributed by atoms with E-state index >= 15 is 0 Å². The molecular weight excluding hydrogens is 203 g/mol. The molecule has 0 aliphatic heterocycles. The van der Waals surface area contributed by atoms with Crippen molar-refractivity contribution in [1.29, 1.82) is 5.26 Å². The molecular formula is C13H9FN2. The van der Waals surface area contributed by atoms with Crippen LogP contribution in [0, 0.1) is 17.3 Å². The van der Waals surface area contributed by atoms with Crippen molar-refractivity contribution in [3.8, 4) is 17.3 Å². The third kappa shape index (κ3) is 2.06. The van der Waals surface area contributed by atoms with Crippen LogP contribution in [-0.2, 0) is 6.42 Å². The Bertz CT molecular complexity index is 529. The molecule has 0 radical (unpaired) electrons. The van der Waals surface area contributed by atoms with E-state index in [0.29, 0.717) is 11.3 Å². The summed E-state index contributed by atoms with van der Waals surface area (Å²) in [6.07, 6.45) is 0.0495. The quantitative estimate of drug-likeness (QED) is 0.717. The highest BCUT2D eigenvalue weighted by Crippen LogP contribution is 2.18. The van der Waals surface area contributed by atoms with Crippen LogP contribution in [0.3, 0.4) is 0 Å². The molecule has 78 valence electrons. The number of pyridine rings is 1. The van der Waals surface area contributed by atoms with Gasteiger partial charge in [0.2, 0.25) is 5.95 Å². The molecule has 0 saturated carbocycles. The lowest BCUT2D eigenvalue weighted by atomic mass is 10.1. The fourth-order valence-corrected chi connectivity index (χ4v) is 1.45. The minimum absolute atomic E-state index is 0.0495. The predicted octanol–water partition coefficient (Wildman–Crippen LogP) is 2.95. The van der Waals surface area contributed by atoms with Gasteiger partial charge in [0.25, 0.3) is 0 Å². The molecule has 0 aliphatic carbocycles. The Morgan fingerprint density at radius 3 is 2.50 bits per heavy atom. The maximum absolute atomic E-state index is 13.5. The van der Waals surface area contributed by atoms with E-state index in [2.05, 4.69) is 4.98 Å². The van der Waals surface area contributed by atoms with E-state index in [0.717, 1.165) is 5.56 Å². The zero-order valence-corrected chi connectivity index (χ0v) is 8.52. The Hall–Kier alpha value is -2.21. The van der Waals surface area contributed by atoms with Crippen molar-refractivity contribution >= 4 is 0 Å². The highest BCUT2D eigenvalue weighted by atomic mass is 19.1. The average molecular weight is 212 g/mol. The van der Waals surface area contributed by atoms with E-state index in [1.165, 1.54) is 0 Å². The zero-order valence-electron chi connectivity index (χ0n) is 8.52. The van der Waals surface area contributed by atoms with Crippen molar-refractivity contribution in [2.24, 2.45) is 0 Å². The van der Waals surface area contributed by atoms with Crippen molar-refractivity contribution in [2.45, 2.75) is 6.42 Å². The minimum atomic E-state index is -0.567. The van der Waals surface area contributed by atoms with Crippen molar-refractivity contribution in [1.82, 2.24) is 4.98 Å². The highest BCUT2D eigenvalue weighted by molar-refractivity contribution is 5.58. The molecule has 0 bridgehead atoms. The zero-order chi connectivity index (χ0) is 11.4. The second-order valence-electron chi connectivity index (χ2n) is 3.35. The molecule has 0 spiro atoms. The summed E-state index contributed by atoms with van der Waals surface area (Å²) < 4.78 is 13.5. The lowest BCUT2D eigenvalue weighted by molar-refractivity contribution is 0.573. The first-order valence-corrected chi connectivity index (χ1v) is 4.89. The fourth-order valence-electron chi connectivity index (χ4n) is 1.45. The molecule has 2 rings (SSSR count). The molecule has 0 N–H and O–H groups in total. The largest absolute Gasteiger partial charge is 0.219 e. The van der Waals surface area contributed by atoms with Gasteiger partial charge in [-0.25, -0.2) is 4.98 Å². The van der Waals surface area contributed by atoms with Gasteiger partial charge in [0.1, 0.15) is 0 Å². The van der Waals surface area contributed by atoms with Crippen LogP contribution >= 0.6 is 0 Å². The molecule has 3 heteroatoms. The predicted molar refractivity (Wildman–Crippen MR) is 58.9 cm³/mol. The Morgan fingerprint density at radius 2 is 1.88 bits per heavy atom. The van der Waals surface area contributed by atoms with Crippen molar-refractivity contribution < 1.29 is 4.39 Å². The van der Waals surface area contributed by atoms with Gasteiger partial charge in [-0.3, -0.25) is 0 Å². The summed E-state index contributed by atoms with van der Waals surface area (Å²) >= 11 is 0. The van der Waals surface area contributed by atoms with Crippen LogP contribution in [0.15, 0.2) is 42.5 Å². The van der Waals surface area contributed by atoms with Gasteiger partial charge in [0.05, 0.1) is 18.2 Å². The molecule has 2 aromatic rings. The van der Waals surface area contributed by atoms with E-state index in [1.54, 1.807) is 12.1 Å². The van der Waals surface area contributed by atoms with Crippen LogP contribution in [0.4, 0.5) is 4.39 Å². The minimum Gasteiger partial charge on any atom is -0.219 e. The Kier molecular flexibility index (Phi) is 2.93. The molecule has 0 fully saturated rings. The Balaban J connectivity index is 2.39. The number of hydrogen-bond donors (Lipinski definition) is 0. The monoisotopic (exact) mass is 212 g/mol. The average Bonchev–Trinajstić information content (AvgIpc) is 2.33. The maximum atomic E-state index is 13.5. The second-order valence-corrected chi connectivity index (χ2v) is 3.35. The lowest BCUT2D eigenvalue weighted by Crippen LogP contribution is -1.94. The Morgan fingerprint density at radius 1 is 1.12 bits per heavy atom. The standard InChI is InChI=1S/C13H9FN2/c14-13-11(8-9-15)6-7-12(16-13)10-4-2-1-3-5-10/h1-7H,8H2. The van der Waals surface area contributed by atoms with Crippen molar-refractivity contribution in [3.63, 3.8) is 0 Å². The van der Waals surface area contributed by atoms with Gasteiger partial charge in [-0.1, -0.05) is 36.4 Å². The van der Waals surface area contributed by atoms with Gasteiger partial charge in [0.15, 0.2) is 0 Å². The molecule has 0 unspecified atom stereocenters. The van der Waals surface area contributed by atoms with Crippen LogP contribution in [0.25, 0.3) is 11.3 Å². The second kappa shape index (κ2) is 4.54. The molecule has 1 aromatic heterocycles.